The first-order chi connectivity index (χ1) is 6.79. The molecule has 14 heavy (non-hydrogen) atoms. The highest BCUT2D eigenvalue weighted by atomic mass is 16.1. The van der Waals surface area contributed by atoms with Crippen molar-refractivity contribution in [3.8, 4) is 0 Å². The fourth-order valence-corrected chi connectivity index (χ4v) is 1.26. The van der Waals surface area contributed by atoms with Gasteiger partial charge in [0.15, 0.2) is 0 Å². The van der Waals surface area contributed by atoms with E-state index in [1.807, 2.05) is 12.1 Å². The van der Waals surface area contributed by atoms with E-state index in [0.29, 0.717) is 6.42 Å². The molecule has 1 aromatic rings. The summed E-state index contributed by atoms with van der Waals surface area (Å²) in [6, 6.07) is 10.4. The average Bonchev–Trinajstić information content (AvgIpc) is 2.18. The van der Waals surface area contributed by atoms with E-state index >= 15 is 0 Å². The minimum absolute atomic E-state index is 0.223. The molecule has 74 valence electrons. The van der Waals surface area contributed by atoms with E-state index in [9.17, 15) is 4.79 Å². The summed E-state index contributed by atoms with van der Waals surface area (Å²) in [4.78, 5) is 10.6. The maximum atomic E-state index is 10.6. The summed E-state index contributed by atoms with van der Waals surface area (Å²) in [5, 5.41) is 0. The van der Waals surface area contributed by atoms with E-state index in [0.717, 1.165) is 12.8 Å². The Bertz CT molecular complexity index is 298. The molecule has 1 heteroatoms. The minimum atomic E-state index is 0.223. The monoisotopic (exact) mass is 188 g/mol. The van der Waals surface area contributed by atoms with Gasteiger partial charge in [-0.25, -0.2) is 0 Å². The Morgan fingerprint density at radius 2 is 1.93 bits per heavy atom. The third kappa shape index (κ3) is 4.61. The highest BCUT2D eigenvalue weighted by Crippen LogP contribution is 2.02. The van der Waals surface area contributed by atoms with Crippen LogP contribution < -0.4 is 0 Å². The molecule has 1 nitrogen and oxygen atoms in total. The molecule has 0 spiro atoms. The molecule has 1 aromatic carbocycles. The number of carbonyl (C=O) groups excluding carboxylic acids is 1. The Morgan fingerprint density at radius 3 is 2.57 bits per heavy atom. The average molecular weight is 188 g/mol. The van der Waals surface area contributed by atoms with Crippen molar-refractivity contribution in [3.63, 3.8) is 0 Å². The largest absolute Gasteiger partial charge is 0.300 e. The van der Waals surface area contributed by atoms with Gasteiger partial charge in [0.1, 0.15) is 5.78 Å². The number of hydrogen-bond acceptors (Lipinski definition) is 1. The van der Waals surface area contributed by atoms with Gasteiger partial charge in [-0.05, 0) is 25.3 Å². The molecule has 0 saturated carbocycles. The van der Waals surface area contributed by atoms with Gasteiger partial charge in [-0.3, -0.25) is 4.79 Å². The zero-order chi connectivity index (χ0) is 10.2. The number of rotatable bonds is 5. The summed E-state index contributed by atoms with van der Waals surface area (Å²) < 4.78 is 0. The smallest absolute Gasteiger partial charge is 0.133 e. The fourth-order valence-electron chi connectivity index (χ4n) is 1.26. The first-order valence-electron chi connectivity index (χ1n) is 4.97. The molecule has 1 rings (SSSR count). The molecule has 0 aliphatic heterocycles. The van der Waals surface area contributed by atoms with Crippen LogP contribution in [0.25, 0.3) is 0 Å². The Balaban J connectivity index is 2.22. The lowest BCUT2D eigenvalue weighted by Gasteiger charge is -1.95. The first-order valence-corrected chi connectivity index (χ1v) is 4.97. The van der Waals surface area contributed by atoms with Crippen molar-refractivity contribution in [1.82, 2.24) is 0 Å². The molecule has 0 saturated heterocycles. The van der Waals surface area contributed by atoms with E-state index < -0.39 is 0 Å². The number of allylic oxidation sites excluding steroid dienone is 2. The summed E-state index contributed by atoms with van der Waals surface area (Å²) in [7, 11) is 0. The number of ketones is 1. The van der Waals surface area contributed by atoms with Gasteiger partial charge in [-0.2, -0.15) is 0 Å². The van der Waals surface area contributed by atoms with Gasteiger partial charge in [-0.15, -0.1) is 0 Å². The molecule has 0 amide bonds. The highest BCUT2D eigenvalue weighted by Gasteiger charge is 1.89. The zero-order valence-electron chi connectivity index (χ0n) is 8.57. The normalized spacial score (nSPS) is 10.6. The topological polar surface area (TPSA) is 17.1 Å². The van der Waals surface area contributed by atoms with Crippen LogP contribution in [0.4, 0.5) is 0 Å². The Morgan fingerprint density at radius 1 is 1.21 bits per heavy atom. The van der Waals surface area contributed by atoms with E-state index in [2.05, 4.69) is 30.3 Å². The van der Waals surface area contributed by atoms with Gasteiger partial charge in [-0.1, -0.05) is 42.5 Å². The van der Waals surface area contributed by atoms with Crippen molar-refractivity contribution in [3.05, 3.63) is 48.0 Å². The zero-order valence-corrected chi connectivity index (χ0v) is 8.57. The second-order valence-corrected chi connectivity index (χ2v) is 3.40. The predicted octanol–water partition coefficient (Wildman–Crippen LogP) is 3.15. The lowest BCUT2D eigenvalue weighted by atomic mass is 10.1. The van der Waals surface area contributed by atoms with Gasteiger partial charge in [0.2, 0.25) is 0 Å². The first kappa shape index (κ1) is 10.7. The van der Waals surface area contributed by atoms with E-state index in [-0.39, 0.29) is 5.78 Å². The summed E-state index contributed by atoms with van der Waals surface area (Å²) >= 11 is 0. The van der Waals surface area contributed by atoms with Crippen LogP contribution in [0.15, 0.2) is 42.5 Å². The Labute approximate surface area is 85.5 Å². The van der Waals surface area contributed by atoms with Crippen LogP contribution in [0.2, 0.25) is 0 Å². The third-order valence-corrected chi connectivity index (χ3v) is 2.01. The maximum Gasteiger partial charge on any atom is 0.133 e. The Hall–Kier alpha value is -1.37. The summed E-state index contributed by atoms with van der Waals surface area (Å²) in [5.41, 5.74) is 1.35. The van der Waals surface area contributed by atoms with Crippen LogP contribution in [-0.4, -0.2) is 5.78 Å². The van der Waals surface area contributed by atoms with E-state index in [1.54, 1.807) is 6.92 Å². The number of hydrogen-bond donors (Lipinski definition) is 0. The van der Waals surface area contributed by atoms with Crippen LogP contribution in [0.1, 0.15) is 25.3 Å². The number of benzene rings is 1. The van der Waals surface area contributed by atoms with Crippen molar-refractivity contribution in [2.45, 2.75) is 26.2 Å². The van der Waals surface area contributed by atoms with Crippen LogP contribution in [0, 0.1) is 0 Å². The lowest BCUT2D eigenvalue weighted by molar-refractivity contribution is -0.116. The van der Waals surface area contributed by atoms with Gasteiger partial charge in [0.25, 0.3) is 0 Å². The van der Waals surface area contributed by atoms with Crippen molar-refractivity contribution in [2.75, 3.05) is 0 Å². The molecule has 0 aliphatic rings. The second-order valence-electron chi connectivity index (χ2n) is 3.40. The molecule has 0 unspecified atom stereocenters. The maximum absolute atomic E-state index is 10.6. The SMILES string of the molecule is CC(=O)C/C=C/CCc1ccccc1. The molecular weight excluding hydrogens is 172 g/mol. The summed E-state index contributed by atoms with van der Waals surface area (Å²) in [6.45, 7) is 1.61. The van der Waals surface area contributed by atoms with E-state index in [4.69, 9.17) is 0 Å². The number of Topliss-reactive ketones (excluding diaryl/α,β-unsaturated/α-hetero) is 1. The quantitative estimate of drug-likeness (QED) is 0.649. The van der Waals surface area contributed by atoms with Gasteiger partial charge in [0, 0.05) is 6.42 Å². The number of carbonyl (C=O) groups is 1. The van der Waals surface area contributed by atoms with Crippen LogP contribution in [0.5, 0.6) is 0 Å². The Kier molecular flexibility index (Phi) is 4.70. The third-order valence-electron chi connectivity index (χ3n) is 2.01. The number of aryl methyl sites for hydroxylation is 1. The van der Waals surface area contributed by atoms with Crippen molar-refractivity contribution in [2.24, 2.45) is 0 Å². The van der Waals surface area contributed by atoms with Crippen molar-refractivity contribution >= 4 is 5.78 Å². The molecule has 0 aromatic heterocycles. The van der Waals surface area contributed by atoms with E-state index in [1.165, 1.54) is 5.56 Å². The summed E-state index contributed by atoms with van der Waals surface area (Å²) in [6.07, 6.45) is 6.65. The molecule has 0 fully saturated rings. The van der Waals surface area contributed by atoms with Gasteiger partial charge in [0.05, 0.1) is 0 Å². The minimum Gasteiger partial charge on any atom is -0.300 e. The standard InChI is InChI=1S/C13H16O/c1-12(14)8-4-2-5-9-13-10-6-3-7-11-13/h2-4,6-7,10-11H,5,8-9H2,1H3/b4-2+. The summed E-state index contributed by atoms with van der Waals surface area (Å²) in [5.74, 6) is 0.223. The molecule has 0 aliphatic carbocycles. The molecule has 0 bridgehead atoms. The van der Waals surface area contributed by atoms with Crippen molar-refractivity contribution < 1.29 is 4.79 Å². The van der Waals surface area contributed by atoms with Crippen molar-refractivity contribution in [1.29, 1.82) is 0 Å². The van der Waals surface area contributed by atoms with Gasteiger partial charge < -0.3 is 0 Å². The van der Waals surface area contributed by atoms with Crippen LogP contribution in [0.3, 0.4) is 0 Å². The fraction of sp³-hybridized carbons (Fsp3) is 0.308. The van der Waals surface area contributed by atoms with Crippen LogP contribution in [-0.2, 0) is 11.2 Å². The van der Waals surface area contributed by atoms with Crippen LogP contribution >= 0.6 is 0 Å². The lowest BCUT2D eigenvalue weighted by Crippen LogP contribution is -1.85. The molecule has 0 N–H and O–H groups in total. The van der Waals surface area contributed by atoms with Gasteiger partial charge >= 0.3 is 0 Å². The molecular formula is C13H16O. The predicted molar refractivity (Wildman–Crippen MR) is 59.2 cm³/mol. The second kappa shape index (κ2) is 6.14. The highest BCUT2D eigenvalue weighted by molar-refractivity contribution is 5.76. The molecule has 0 radical (unpaired) electrons. The molecule has 0 atom stereocenters. The molecule has 0 heterocycles.